The number of phenolic OH excluding ortho intramolecular Hbond substituents is 1. The summed E-state index contributed by atoms with van der Waals surface area (Å²) in [6, 6.07) is 6.52. The number of amides is 10. The van der Waals surface area contributed by atoms with Crippen LogP contribution in [0.5, 0.6) is 5.75 Å². The number of carboxylic acid groups (broad SMARTS) is 1. The number of aliphatic carboxylic acids is 1. The lowest BCUT2D eigenvalue weighted by atomic mass is 10.0. The zero-order valence-electron chi connectivity index (χ0n) is 53.0. The number of H-pyrrole nitrogens is 3. The van der Waals surface area contributed by atoms with Gasteiger partial charge in [0.05, 0.1) is 36.6 Å². The number of aliphatic hydroxyl groups is 1. The first kappa shape index (κ1) is 72.5. The van der Waals surface area contributed by atoms with Gasteiger partial charge in [0.2, 0.25) is 59.1 Å². The van der Waals surface area contributed by atoms with Gasteiger partial charge in [-0.3, -0.25) is 57.7 Å². The number of aliphatic hydroxyl groups excluding tert-OH is 1. The molecule has 1 aliphatic heterocycles. The molecule has 33 nitrogen and oxygen atoms in total. The Balaban J connectivity index is 1.16. The van der Waals surface area contributed by atoms with Gasteiger partial charge in [0.1, 0.15) is 59.9 Å². The number of hydrogen-bond donors (Lipinski definition) is 18. The van der Waals surface area contributed by atoms with Crippen molar-refractivity contribution >= 4 is 92.9 Å². The number of fused-ring (bicyclic) bond motifs is 2. The Morgan fingerprint density at radius 1 is 0.677 bits per heavy atom. The van der Waals surface area contributed by atoms with Crippen LogP contribution < -0.4 is 65.5 Å². The maximum atomic E-state index is 15.0. The molecule has 33 heteroatoms. The summed E-state index contributed by atoms with van der Waals surface area (Å²) in [5, 5.41) is 51.9. The van der Waals surface area contributed by atoms with E-state index in [0.717, 1.165) is 0 Å². The average Bonchev–Trinajstić information content (AvgIpc) is 1.66. The van der Waals surface area contributed by atoms with E-state index in [2.05, 4.69) is 72.4 Å². The summed E-state index contributed by atoms with van der Waals surface area (Å²) in [4.78, 5) is 175. The molecule has 4 heterocycles. The van der Waals surface area contributed by atoms with Crippen LogP contribution in [0.1, 0.15) is 81.4 Å². The Labute approximate surface area is 550 Å². The normalized spacial score (nSPS) is 15.3. The van der Waals surface area contributed by atoms with Crippen LogP contribution in [0.15, 0.2) is 96.5 Å². The van der Waals surface area contributed by atoms with E-state index in [9.17, 15) is 58.5 Å². The SMILES string of the molecule is CC(C)C[C@H](NC(=O)[C@H](Cc1nc2ccccc2[nH]1)NC(=O)[C@H](Cc1ccc(O)cc1)NC(=O)[C@H](CO)NC(=O)[C@H](Cc1c[nH]c2ccccc12)NC(=O)[C@H](Cc1cnc[nH]1)NC(=O)[C@@H](N)CCC(=O)O)C(=O)N[C@@H](CCCN=C(N)N)C(=O)N1CCC[C@@H]1C(=O)NCC(N)=O. The van der Waals surface area contributed by atoms with Crippen LogP contribution in [0.25, 0.3) is 21.9 Å². The van der Waals surface area contributed by atoms with Gasteiger partial charge in [-0.15, -0.1) is 0 Å². The minimum Gasteiger partial charge on any atom is -0.508 e. The molecule has 3 aromatic carbocycles. The highest BCUT2D eigenvalue weighted by Crippen LogP contribution is 2.23. The van der Waals surface area contributed by atoms with Crippen molar-refractivity contribution in [3.63, 3.8) is 0 Å². The fourth-order valence-corrected chi connectivity index (χ4v) is 10.9. The van der Waals surface area contributed by atoms with Crippen molar-refractivity contribution in [1.29, 1.82) is 0 Å². The number of imidazole rings is 2. The standard InChI is InChI=1S/C63H83N19O14/c1-33(2)23-44(55(89)75-43(13-7-21-69-63(66)67)62(96)82-22-8-14-50(82)61(95)71-30-51(65)85)77-59(93)48(27-52-73-41-11-5-6-12-42(41)74-52)80-56(90)45(24-34-15-17-37(84)18-16-34)78-60(94)49(31-83)81-57(91)46(25-35-28-70-40-10-4-3-9-38(35)40)79-58(92)47(26-36-29-68-32-72-36)76-54(88)39(64)19-20-53(86)87/h3-6,9-12,15-18,28-29,32-33,39,43-50,70,83-84H,7-8,13-14,19-27,30-31,64H2,1-2H3,(H2,65,85)(H,68,72)(H,71,95)(H,73,74)(H,75,89)(H,76,88)(H,77,93)(H,78,94)(H,79,92)(H,80,90)(H,81,91)(H,86,87)(H4,66,67,69)/t39-,43-,44-,45-,46-,47-,48-,49-,50+/m0/s1. The van der Waals surface area contributed by atoms with Gasteiger partial charge in [0, 0.05) is 74.2 Å². The second-order valence-electron chi connectivity index (χ2n) is 23.7. The van der Waals surface area contributed by atoms with Crippen LogP contribution in [0.3, 0.4) is 0 Å². The maximum absolute atomic E-state index is 15.0. The lowest BCUT2D eigenvalue weighted by Gasteiger charge is -2.30. The molecule has 22 N–H and O–H groups in total. The number of hydrogen-bond acceptors (Lipinski definition) is 17. The van der Waals surface area contributed by atoms with Crippen molar-refractivity contribution in [2.45, 2.75) is 139 Å². The van der Waals surface area contributed by atoms with E-state index in [1.54, 1.807) is 68.6 Å². The van der Waals surface area contributed by atoms with Crippen LogP contribution in [-0.4, -0.2) is 197 Å². The van der Waals surface area contributed by atoms with E-state index in [0.29, 0.717) is 45.2 Å². The lowest BCUT2D eigenvalue weighted by molar-refractivity contribution is -0.142. The molecule has 7 rings (SSSR count). The molecule has 0 unspecified atom stereocenters. The minimum atomic E-state index is -1.84. The highest BCUT2D eigenvalue weighted by Gasteiger charge is 2.40. The quantitative estimate of drug-likeness (QED) is 0.0106. The third-order valence-electron chi connectivity index (χ3n) is 15.8. The molecule has 9 atom stereocenters. The molecule has 0 aliphatic carbocycles. The van der Waals surface area contributed by atoms with Gasteiger partial charge in [-0.2, -0.15) is 0 Å². The smallest absolute Gasteiger partial charge is 0.303 e. The van der Waals surface area contributed by atoms with Crippen LogP contribution in [0.4, 0.5) is 0 Å². The molecule has 96 heavy (non-hydrogen) atoms. The summed E-state index contributed by atoms with van der Waals surface area (Å²) in [6.45, 7) is 2.22. The molecule has 0 saturated carbocycles. The predicted octanol–water partition coefficient (Wildman–Crippen LogP) is -2.99. The number of carboxylic acids is 1. The molecule has 0 bridgehead atoms. The average molecular weight is 1330 g/mol. The number of aromatic amines is 3. The Hall–Kier alpha value is -11.0. The van der Waals surface area contributed by atoms with Crippen molar-refractivity contribution in [3.05, 3.63) is 114 Å². The predicted molar refractivity (Wildman–Crippen MR) is 348 cm³/mol. The molecule has 1 aliphatic rings. The number of phenols is 1. The molecule has 6 aromatic rings. The maximum Gasteiger partial charge on any atom is 0.303 e. The van der Waals surface area contributed by atoms with Crippen molar-refractivity contribution in [2.24, 2.45) is 33.8 Å². The number of carbonyl (C=O) groups is 11. The largest absolute Gasteiger partial charge is 0.508 e. The fraction of sp³-hybridized carbons (Fsp3) is 0.429. The van der Waals surface area contributed by atoms with Gasteiger partial charge < -0.3 is 101 Å². The highest BCUT2D eigenvalue weighted by atomic mass is 16.4. The summed E-state index contributed by atoms with van der Waals surface area (Å²) in [5.74, 6) is -10.3. The van der Waals surface area contributed by atoms with Gasteiger partial charge in [-0.25, -0.2) is 9.97 Å². The molecule has 0 spiro atoms. The van der Waals surface area contributed by atoms with Crippen molar-refractivity contribution < 1.29 is 68.1 Å². The first-order chi connectivity index (χ1) is 45.8. The molecule has 514 valence electrons. The van der Waals surface area contributed by atoms with Crippen molar-refractivity contribution in [1.82, 2.24) is 72.4 Å². The summed E-state index contributed by atoms with van der Waals surface area (Å²) in [7, 11) is 0. The first-order valence-corrected chi connectivity index (χ1v) is 31.2. The van der Waals surface area contributed by atoms with Gasteiger partial charge in [0.25, 0.3) is 0 Å². The number of nitrogens with one attached hydrogen (secondary N) is 11. The summed E-state index contributed by atoms with van der Waals surface area (Å²) < 4.78 is 0. The van der Waals surface area contributed by atoms with Crippen LogP contribution in [-0.2, 0) is 78.4 Å². The van der Waals surface area contributed by atoms with E-state index in [1.807, 2.05) is 0 Å². The number of benzene rings is 3. The Morgan fingerprint density at radius 2 is 1.26 bits per heavy atom. The molecule has 0 radical (unpaired) electrons. The Morgan fingerprint density at radius 3 is 1.89 bits per heavy atom. The number of nitrogens with two attached hydrogens (primary N) is 4. The third kappa shape index (κ3) is 21.3. The molecular formula is C63H83N19O14. The topological polar surface area (TPSA) is 538 Å². The summed E-state index contributed by atoms with van der Waals surface area (Å²) >= 11 is 0. The number of carbonyl (C=O) groups excluding carboxylic acids is 10. The number of rotatable bonds is 36. The van der Waals surface area contributed by atoms with Gasteiger partial charge >= 0.3 is 5.97 Å². The number of guanidine groups is 1. The van der Waals surface area contributed by atoms with E-state index in [4.69, 9.17) is 22.9 Å². The molecule has 1 fully saturated rings. The van der Waals surface area contributed by atoms with E-state index < -0.39 is 139 Å². The second kappa shape index (κ2) is 34.8. The first-order valence-electron chi connectivity index (χ1n) is 31.2. The zero-order chi connectivity index (χ0) is 69.6. The summed E-state index contributed by atoms with van der Waals surface area (Å²) in [5.41, 5.74) is 25.4. The van der Waals surface area contributed by atoms with E-state index >= 15 is 9.59 Å². The van der Waals surface area contributed by atoms with Crippen LogP contribution in [0, 0.1) is 5.92 Å². The molecule has 3 aromatic heterocycles. The van der Waals surface area contributed by atoms with Crippen LogP contribution >= 0.6 is 0 Å². The zero-order valence-corrected chi connectivity index (χ0v) is 53.0. The van der Waals surface area contributed by atoms with Gasteiger partial charge in [-0.05, 0) is 85.9 Å². The second-order valence-corrected chi connectivity index (χ2v) is 23.7. The van der Waals surface area contributed by atoms with Crippen molar-refractivity contribution in [2.75, 3.05) is 26.2 Å². The van der Waals surface area contributed by atoms with Gasteiger partial charge in [-0.1, -0.05) is 56.3 Å². The molecule has 1 saturated heterocycles. The Kier molecular flexibility index (Phi) is 26.3. The number of primary amides is 1. The van der Waals surface area contributed by atoms with Gasteiger partial charge in [0.15, 0.2) is 5.96 Å². The number of likely N-dealkylation sites (tertiary alicyclic amines) is 1. The fourth-order valence-electron chi connectivity index (χ4n) is 10.9. The monoisotopic (exact) mass is 1330 g/mol. The minimum absolute atomic E-state index is 0.00696. The number of aromatic nitrogens is 5. The van der Waals surface area contributed by atoms with E-state index in [1.165, 1.54) is 41.7 Å². The van der Waals surface area contributed by atoms with Crippen molar-refractivity contribution in [3.8, 4) is 5.75 Å². The number of aromatic hydroxyl groups is 1. The lowest BCUT2D eigenvalue weighted by Crippen LogP contribution is -2.61. The Bertz CT molecular complexity index is 3710. The number of para-hydroxylation sites is 3. The van der Waals surface area contributed by atoms with Crippen LogP contribution in [0.2, 0.25) is 0 Å². The number of aliphatic imine (C=N–C) groups is 1. The molecule has 10 amide bonds. The molecular weight excluding hydrogens is 1250 g/mol. The highest BCUT2D eigenvalue weighted by molar-refractivity contribution is 5.99. The third-order valence-corrected chi connectivity index (χ3v) is 15.8. The van der Waals surface area contributed by atoms with E-state index in [-0.39, 0.29) is 94.3 Å². The summed E-state index contributed by atoms with van der Waals surface area (Å²) in [6.07, 6.45) is 3.34. The number of nitrogens with zero attached hydrogens (tertiary/aromatic N) is 4.